The van der Waals surface area contributed by atoms with Crippen molar-refractivity contribution in [1.29, 1.82) is 0 Å². The summed E-state index contributed by atoms with van der Waals surface area (Å²) in [6, 6.07) is 2.01. The summed E-state index contributed by atoms with van der Waals surface area (Å²) in [5.41, 5.74) is 1.11. The Balaban J connectivity index is 1.72. The lowest BCUT2D eigenvalue weighted by Gasteiger charge is -2.26. The van der Waals surface area contributed by atoms with Gasteiger partial charge in [0.1, 0.15) is 5.82 Å². The Morgan fingerprint density at radius 3 is 2.95 bits per heavy atom. The van der Waals surface area contributed by atoms with Gasteiger partial charge in [-0.1, -0.05) is 0 Å². The van der Waals surface area contributed by atoms with Crippen LogP contribution in [0.25, 0.3) is 0 Å². The molecule has 1 aromatic heterocycles. The van der Waals surface area contributed by atoms with E-state index >= 15 is 0 Å². The van der Waals surface area contributed by atoms with Crippen LogP contribution in [0.4, 0.5) is 5.82 Å². The molecule has 0 saturated carbocycles. The number of anilines is 1. The van der Waals surface area contributed by atoms with Crippen LogP contribution in [-0.4, -0.2) is 54.4 Å². The molecule has 1 aliphatic heterocycles. The molecule has 0 aromatic carbocycles. The van der Waals surface area contributed by atoms with E-state index < -0.39 is 0 Å². The van der Waals surface area contributed by atoms with Crippen LogP contribution in [0.15, 0.2) is 16.7 Å². The maximum atomic E-state index is 5.32. The molecule has 1 aliphatic rings. The zero-order valence-electron chi connectivity index (χ0n) is 11.5. The molecule has 0 unspecified atom stereocenters. The number of ether oxygens (including phenoxy) is 1. The molecular weight excluding hydrogens is 340 g/mol. The molecule has 2 rings (SSSR count). The number of nitrogens with zero attached hydrogens (tertiary/aromatic N) is 2. The van der Waals surface area contributed by atoms with Gasteiger partial charge in [-0.3, -0.25) is 4.90 Å². The zero-order valence-corrected chi connectivity index (χ0v) is 13.9. The van der Waals surface area contributed by atoms with Crippen molar-refractivity contribution in [3.63, 3.8) is 0 Å². The predicted octanol–water partition coefficient (Wildman–Crippen LogP) is 1.77. The Morgan fingerprint density at radius 1 is 1.50 bits per heavy atom. The van der Waals surface area contributed by atoms with Crippen LogP contribution in [0.3, 0.4) is 0 Å². The van der Waals surface area contributed by atoms with Crippen LogP contribution in [0.1, 0.15) is 5.56 Å². The van der Waals surface area contributed by atoms with Crippen molar-refractivity contribution in [2.24, 2.45) is 0 Å². The van der Waals surface area contributed by atoms with Crippen molar-refractivity contribution in [3.8, 4) is 0 Å². The van der Waals surface area contributed by atoms with E-state index in [1.807, 2.05) is 19.2 Å². The Morgan fingerprint density at radius 2 is 2.25 bits per heavy atom. The first kappa shape index (κ1) is 15.6. The summed E-state index contributed by atoms with van der Waals surface area (Å²) in [5, 5.41) is 6.88. The Labute approximate surface area is 133 Å². The maximum Gasteiger partial charge on any atom is 0.172 e. The molecule has 7 heteroatoms. The smallest absolute Gasteiger partial charge is 0.172 e. The van der Waals surface area contributed by atoms with E-state index in [4.69, 9.17) is 17.0 Å². The Hall–Kier alpha value is -0.760. The minimum atomic E-state index is 0.593. The molecule has 1 saturated heterocycles. The molecular formula is C13H19BrN4OS. The van der Waals surface area contributed by atoms with Gasteiger partial charge in [0.15, 0.2) is 5.11 Å². The number of halogens is 1. The third-order valence-electron chi connectivity index (χ3n) is 3.03. The van der Waals surface area contributed by atoms with Gasteiger partial charge in [0.2, 0.25) is 0 Å². The van der Waals surface area contributed by atoms with Gasteiger partial charge in [0, 0.05) is 32.4 Å². The maximum absolute atomic E-state index is 5.32. The molecule has 0 atom stereocenters. The first-order chi connectivity index (χ1) is 9.65. The van der Waals surface area contributed by atoms with E-state index in [9.17, 15) is 0 Å². The predicted molar refractivity (Wildman–Crippen MR) is 88.2 cm³/mol. The number of aromatic nitrogens is 1. The van der Waals surface area contributed by atoms with Crippen molar-refractivity contribution in [3.05, 3.63) is 22.3 Å². The topological polar surface area (TPSA) is 49.4 Å². The molecule has 110 valence electrons. The lowest BCUT2D eigenvalue weighted by molar-refractivity contribution is 0.0389. The summed E-state index contributed by atoms with van der Waals surface area (Å²) in [6.07, 6.45) is 1.81. The second kappa shape index (κ2) is 7.87. The van der Waals surface area contributed by atoms with E-state index in [0.717, 1.165) is 55.2 Å². The van der Waals surface area contributed by atoms with Gasteiger partial charge in [-0.2, -0.15) is 0 Å². The van der Waals surface area contributed by atoms with E-state index in [1.165, 1.54) is 0 Å². The third kappa shape index (κ3) is 4.97. The average Bonchev–Trinajstić information content (AvgIpc) is 2.43. The number of thiocarbonyl (C=S) groups is 1. The van der Waals surface area contributed by atoms with Crippen molar-refractivity contribution in [2.75, 3.05) is 44.7 Å². The highest BCUT2D eigenvalue weighted by Gasteiger charge is 2.10. The summed E-state index contributed by atoms with van der Waals surface area (Å²) in [4.78, 5) is 6.66. The molecule has 2 N–H and O–H groups in total. The van der Waals surface area contributed by atoms with Crippen LogP contribution in [0.2, 0.25) is 0 Å². The highest BCUT2D eigenvalue weighted by atomic mass is 79.9. The van der Waals surface area contributed by atoms with Gasteiger partial charge in [-0.15, -0.1) is 0 Å². The van der Waals surface area contributed by atoms with Crippen LogP contribution >= 0.6 is 28.1 Å². The summed E-state index contributed by atoms with van der Waals surface area (Å²) in [6.45, 7) is 7.41. The molecule has 5 nitrogen and oxygen atoms in total. The SMILES string of the molecule is Cc1cnc(NC(=S)NCCN2CCOCC2)c(Br)c1. The molecule has 0 radical (unpaired) electrons. The molecule has 0 bridgehead atoms. The van der Waals surface area contributed by atoms with E-state index in [1.54, 1.807) is 0 Å². The van der Waals surface area contributed by atoms with Crippen LogP contribution in [-0.2, 0) is 4.74 Å². The molecule has 2 heterocycles. The second-order valence-electron chi connectivity index (χ2n) is 4.68. The largest absolute Gasteiger partial charge is 0.379 e. The molecule has 0 amide bonds. The molecule has 1 aromatic rings. The number of nitrogens with one attached hydrogen (secondary N) is 2. The molecule has 0 spiro atoms. The number of morpholine rings is 1. The van der Waals surface area contributed by atoms with Crippen LogP contribution in [0.5, 0.6) is 0 Å². The highest BCUT2D eigenvalue weighted by Crippen LogP contribution is 2.20. The molecule has 0 aliphatic carbocycles. The number of hydrogen-bond donors (Lipinski definition) is 2. The van der Waals surface area contributed by atoms with Gasteiger partial charge >= 0.3 is 0 Å². The normalized spacial score (nSPS) is 15.9. The standard InChI is InChI=1S/C13H19BrN4OS/c1-10-8-11(14)12(16-9-10)17-13(20)15-2-3-18-4-6-19-7-5-18/h8-9H,2-7H2,1H3,(H2,15,16,17,20). The van der Waals surface area contributed by atoms with E-state index in [2.05, 4.69) is 36.4 Å². The first-order valence-electron chi connectivity index (χ1n) is 6.62. The summed E-state index contributed by atoms with van der Waals surface area (Å²) in [7, 11) is 0. The van der Waals surface area contributed by atoms with Crippen LogP contribution in [0, 0.1) is 6.92 Å². The van der Waals surface area contributed by atoms with Gasteiger partial charge in [0.05, 0.1) is 17.7 Å². The molecule has 20 heavy (non-hydrogen) atoms. The summed E-state index contributed by atoms with van der Waals surface area (Å²) in [5.74, 6) is 0.736. The quantitative estimate of drug-likeness (QED) is 0.800. The van der Waals surface area contributed by atoms with Crippen molar-refractivity contribution >= 4 is 39.1 Å². The fourth-order valence-electron chi connectivity index (χ4n) is 1.93. The van der Waals surface area contributed by atoms with Gasteiger partial charge < -0.3 is 15.4 Å². The van der Waals surface area contributed by atoms with E-state index in [0.29, 0.717) is 5.11 Å². The monoisotopic (exact) mass is 358 g/mol. The lowest BCUT2D eigenvalue weighted by atomic mass is 10.3. The highest BCUT2D eigenvalue weighted by molar-refractivity contribution is 9.10. The minimum Gasteiger partial charge on any atom is -0.379 e. The van der Waals surface area contributed by atoms with Crippen molar-refractivity contribution < 1.29 is 4.74 Å². The number of pyridine rings is 1. The van der Waals surface area contributed by atoms with Crippen LogP contribution < -0.4 is 10.6 Å². The Bertz CT molecular complexity index is 466. The lowest BCUT2D eigenvalue weighted by Crippen LogP contribution is -2.42. The second-order valence-corrected chi connectivity index (χ2v) is 5.94. The minimum absolute atomic E-state index is 0.593. The van der Waals surface area contributed by atoms with E-state index in [-0.39, 0.29) is 0 Å². The fourth-order valence-corrected chi connectivity index (χ4v) is 2.69. The van der Waals surface area contributed by atoms with Crippen molar-refractivity contribution in [1.82, 2.24) is 15.2 Å². The molecule has 1 fully saturated rings. The first-order valence-corrected chi connectivity index (χ1v) is 7.82. The Kier molecular flexibility index (Phi) is 6.15. The summed E-state index contributed by atoms with van der Waals surface area (Å²) < 4.78 is 6.23. The number of aryl methyl sites for hydroxylation is 1. The van der Waals surface area contributed by atoms with Gasteiger partial charge in [-0.05, 0) is 46.7 Å². The fraction of sp³-hybridized carbons (Fsp3) is 0.538. The zero-order chi connectivity index (χ0) is 14.4. The van der Waals surface area contributed by atoms with Crippen molar-refractivity contribution in [2.45, 2.75) is 6.92 Å². The van der Waals surface area contributed by atoms with Gasteiger partial charge in [-0.25, -0.2) is 4.98 Å². The summed E-state index contributed by atoms with van der Waals surface area (Å²) >= 11 is 8.74. The number of rotatable bonds is 4. The number of hydrogen-bond acceptors (Lipinski definition) is 4. The average molecular weight is 359 g/mol. The third-order valence-corrected chi connectivity index (χ3v) is 3.88. The van der Waals surface area contributed by atoms with Gasteiger partial charge in [0.25, 0.3) is 0 Å².